The zero-order valence-electron chi connectivity index (χ0n) is 17.9. The van der Waals surface area contributed by atoms with E-state index in [2.05, 4.69) is 15.4 Å². The van der Waals surface area contributed by atoms with E-state index in [4.69, 9.17) is 9.47 Å². The minimum Gasteiger partial charge on any atom is -0.497 e. The monoisotopic (exact) mass is 448 g/mol. The lowest BCUT2D eigenvalue weighted by Crippen LogP contribution is -2.24. The molecule has 4 aromatic rings. The number of benzene rings is 2. The Labute approximate surface area is 190 Å². The van der Waals surface area contributed by atoms with Crippen LogP contribution in [0, 0.1) is 0 Å². The SMILES string of the molecule is CCOc1ccc(-c2cc3c(SCC(=O)NCc4ccc(OC)cc4)nccn3n2)cc1. The summed E-state index contributed by atoms with van der Waals surface area (Å²) in [6.45, 7) is 3.06. The van der Waals surface area contributed by atoms with Gasteiger partial charge in [0.1, 0.15) is 16.5 Å². The largest absolute Gasteiger partial charge is 0.497 e. The van der Waals surface area contributed by atoms with Gasteiger partial charge in [-0.05, 0) is 55.0 Å². The van der Waals surface area contributed by atoms with E-state index in [0.717, 1.165) is 38.9 Å². The number of ether oxygens (including phenoxy) is 2. The molecule has 0 radical (unpaired) electrons. The molecule has 7 nitrogen and oxygen atoms in total. The molecule has 0 atom stereocenters. The number of hydrogen-bond donors (Lipinski definition) is 1. The lowest BCUT2D eigenvalue weighted by molar-refractivity contribution is -0.118. The Balaban J connectivity index is 1.40. The fourth-order valence-electron chi connectivity index (χ4n) is 3.17. The number of nitrogens with zero attached hydrogens (tertiary/aromatic N) is 3. The normalized spacial score (nSPS) is 10.8. The van der Waals surface area contributed by atoms with Gasteiger partial charge in [-0.25, -0.2) is 9.50 Å². The van der Waals surface area contributed by atoms with Crippen LogP contribution >= 0.6 is 11.8 Å². The lowest BCUT2D eigenvalue weighted by Gasteiger charge is -2.06. The summed E-state index contributed by atoms with van der Waals surface area (Å²) >= 11 is 1.39. The van der Waals surface area contributed by atoms with Crippen molar-refractivity contribution in [1.29, 1.82) is 0 Å². The predicted octanol–water partition coefficient (Wildman–Crippen LogP) is 4.21. The van der Waals surface area contributed by atoms with E-state index in [1.807, 2.05) is 61.5 Å². The first-order valence-electron chi connectivity index (χ1n) is 10.3. The van der Waals surface area contributed by atoms with E-state index >= 15 is 0 Å². The molecule has 2 aromatic heterocycles. The van der Waals surface area contributed by atoms with Gasteiger partial charge in [0, 0.05) is 24.5 Å². The summed E-state index contributed by atoms with van der Waals surface area (Å²) in [6.07, 6.45) is 3.50. The highest BCUT2D eigenvalue weighted by Gasteiger charge is 2.12. The molecule has 0 aliphatic heterocycles. The van der Waals surface area contributed by atoms with E-state index in [1.54, 1.807) is 24.0 Å². The van der Waals surface area contributed by atoms with Gasteiger partial charge in [0.05, 0.1) is 30.7 Å². The number of thioether (sulfide) groups is 1. The van der Waals surface area contributed by atoms with Crippen LogP contribution in [0.4, 0.5) is 0 Å². The summed E-state index contributed by atoms with van der Waals surface area (Å²) < 4.78 is 12.4. The molecule has 2 heterocycles. The van der Waals surface area contributed by atoms with Crippen LogP contribution in [0.3, 0.4) is 0 Å². The molecule has 1 N–H and O–H groups in total. The Hall–Kier alpha value is -3.52. The molecular formula is C24H24N4O3S. The first-order valence-corrected chi connectivity index (χ1v) is 11.2. The van der Waals surface area contributed by atoms with Gasteiger partial charge in [-0.1, -0.05) is 23.9 Å². The number of amides is 1. The molecule has 8 heteroatoms. The molecule has 0 saturated heterocycles. The highest BCUT2D eigenvalue weighted by Crippen LogP contribution is 2.27. The molecular weight excluding hydrogens is 424 g/mol. The summed E-state index contributed by atoms with van der Waals surface area (Å²) in [5.41, 5.74) is 3.71. The molecule has 0 saturated carbocycles. The van der Waals surface area contributed by atoms with Gasteiger partial charge in [-0.15, -0.1) is 0 Å². The smallest absolute Gasteiger partial charge is 0.230 e. The van der Waals surface area contributed by atoms with Crippen LogP contribution in [-0.2, 0) is 11.3 Å². The first kappa shape index (κ1) is 21.7. The van der Waals surface area contributed by atoms with Gasteiger partial charge in [0.2, 0.25) is 5.91 Å². The molecule has 0 aliphatic rings. The van der Waals surface area contributed by atoms with Gasteiger partial charge < -0.3 is 14.8 Å². The number of fused-ring (bicyclic) bond motifs is 1. The average molecular weight is 449 g/mol. The van der Waals surface area contributed by atoms with E-state index in [1.165, 1.54) is 11.8 Å². The quantitative estimate of drug-likeness (QED) is 0.387. The number of aromatic nitrogens is 3. The Morgan fingerprint density at radius 1 is 1.09 bits per heavy atom. The third-order valence-electron chi connectivity index (χ3n) is 4.80. The first-order chi connectivity index (χ1) is 15.7. The van der Waals surface area contributed by atoms with Crippen LogP contribution in [0.15, 0.2) is 72.0 Å². The Kier molecular flexibility index (Phi) is 6.91. The Bertz CT molecular complexity index is 1190. The van der Waals surface area contributed by atoms with Crippen molar-refractivity contribution in [1.82, 2.24) is 19.9 Å². The van der Waals surface area contributed by atoms with Crippen molar-refractivity contribution < 1.29 is 14.3 Å². The van der Waals surface area contributed by atoms with E-state index in [9.17, 15) is 4.79 Å². The maximum atomic E-state index is 12.3. The molecule has 1 amide bonds. The average Bonchev–Trinajstić information content (AvgIpc) is 3.27. The van der Waals surface area contributed by atoms with E-state index < -0.39 is 0 Å². The van der Waals surface area contributed by atoms with Crippen LogP contribution in [0.2, 0.25) is 0 Å². The maximum Gasteiger partial charge on any atom is 0.230 e. The van der Waals surface area contributed by atoms with Crippen molar-refractivity contribution in [3.63, 3.8) is 0 Å². The fraction of sp³-hybridized carbons (Fsp3) is 0.208. The highest BCUT2D eigenvalue weighted by molar-refractivity contribution is 8.00. The number of nitrogens with one attached hydrogen (secondary N) is 1. The second-order valence-corrected chi connectivity index (χ2v) is 7.93. The fourth-order valence-corrected chi connectivity index (χ4v) is 3.97. The summed E-state index contributed by atoms with van der Waals surface area (Å²) in [4.78, 5) is 16.8. The van der Waals surface area contributed by atoms with Crippen molar-refractivity contribution in [3.8, 4) is 22.8 Å². The van der Waals surface area contributed by atoms with E-state index in [0.29, 0.717) is 13.2 Å². The zero-order chi connectivity index (χ0) is 22.3. The third kappa shape index (κ3) is 5.20. The van der Waals surface area contributed by atoms with Crippen molar-refractivity contribution in [2.24, 2.45) is 0 Å². The number of hydrogen-bond acceptors (Lipinski definition) is 6. The van der Waals surface area contributed by atoms with Crippen molar-refractivity contribution >= 4 is 23.2 Å². The summed E-state index contributed by atoms with van der Waals surface area (Å²) in [5, 5.41) is 8.35. The van der Waals surface area contributed by atoms with Gasteiger partial charge >= 0.3 is 0 Å². The molecule has 32 heavy (non-hydrogen) atoms. The highest BCUT2D eigenvalue weighted by atomic mass is 32.2. The molecule has 0 bridgehead atoms. The number of rotatable bonds is 9. The molecule has 0 spiro atoms. The van der Waals surface area contributed by atoms with Crippen LogP contribution in [0.25, 0.3) is 16.8 Å². The molecule has 0 fully saturated rings. The van der Waals surface area contributed by atoms with Crippen LogP contribution < -0.4 is 14.8 Å². The van der Waals surface area contributed by atoms with Crippen molar-refractivity contribution in [2.75, 3.05) is 19.5 Å². The van der Waals surface area contributed by atoms with Gasteiger partial charge in [0.25, 0.3) is 0 Å². The molecule has 164 valence electrons. The zero-order valence-corrected chi connectivity index (χ0v) is 18.8. The van der Waals surface area contributed by atoms with Gasteiger partial charge in [0.15, 0.2) is 0 Å². The van der Waals surface area contributed by atoms with Crippen molar-refractivity contribution in [3.05, 3.63) is 72.6 Å². The summed E-state index contributed by atoms with van der Waals surface area (Å²) in [6, 6.07) is 17.4. The van der Waals surface area contributed by atoms with Crippen LogP contribution in [-0.4, -0.2) is 40.0 Å². The standard InChI is InChI=1S/C24H24N4O3S/c1-3-31-20-10-6-18(7-11-20)21-14-22-24(25-12-13-28(22)27-21)32-16-23(29)26-15-17-4-8-19(30-2)9-5-17/h4-14H,3,15-16H2,1-2H3,(H,26,29). The Morgan fingerprint density at radius 3 is 2.56 bits per heavy atom. The maximum absolute atomic E-state index is 12.3. The summed E-state index contributed by atoms with van der Waals surface area (Å²) in [7, 11) is 1.63. The number of carbonyl (C=O) groups excluding carboxylic acids is 1. The van der Waals surface area contributed by atoms with Crippen molar-refractivity contribution in [2.45, 2.75) is 18.5 Å². The van der Waals surface area contributed by atoms with Crippen LogP contribution in [0.1, 0.15) is 12.5 Å². The van der Waals surface area contributed by atoms with E-state index in [-0.39, 0.29) is 11.7 Å². The second-order valence-electron chi connectivity index (χ2n) is 6.96. The van der Waals surface area contributed by atoms with Gasteiger partial charge in [-0.2, -0.15) is 5.10 Å². The molecule has 4 rings (SSSR count). The Morgan fingerprint density at radius 2 is 1.84 bits per heavy atom. The molecule has 0 unspecified atom stereocenters. The number of methoxy groups -OCH3 is 1. The number of carbonyl (C=O) groups is 1. The topological polar surface area (TPSA) is 77.8 Å². The second kappa shape index (κ2) is 10.2. The molecule has 2 aromatic carbocycles. The predicted molar refractivity (Wildman–Crippen MR) is 125 cm³/mol. The minimum absolute atomic E-state index is 0.0547. The van der Waals surface area contributed by atoms with Gasteiger partial charge in [-0.3, -0.25) is 4.79 Å². The third-order valence-corrected chi connectivity index (χ3v) is 5.80. The lowest BCUT2D eigenvalue weighted by atomic mass is 10.1. The summed E-state index contributed by atoms with van der Waals surface area (Å²) in [5.74, 6) is 1.84. The molecule has 0 aliphatic carbocycles. The van der Waals surface area contributed by atoms with Crippen LogP contribution in [0.5, 0.6) is 11.5 Å². The minimum atomic E-state index is -0.0547.